The monoisotopic (exact) mass is 337 g/mol. The molecule has 0 radical (unpaired) electrons. The standard InChI is InChI=1S/C15H13Cl2N3S/c1-20(18)8-9-6-10(16)7-13-14(9)19-15(21-13)11-4-2-3-5-12(11)17/h2-7H,8,18H2,1H3. The Morgan fingerprint density at radius 3 is 2.71 bits per heavy atom. The summed E-state index contributed by atoms with van der Waals surface area (Å²) in [5.41, 5.74) is 2.87. The lowest BCUT2D eigenvalue weighted by molar-refractivity contribution is 0.343. The SMILES string of the molecule is CN(N)Cc1cc(Cl)cc2sc(-c3ccccc3Cl)nc12. The van der Waals surface area contributed by atoms with E-state index in [-0.39, 0.29) is 0 Å². The molecule has 0 unspecified atom stereocenters. The first-order valence-corrected chi connectivity index (χ1v) is 7.91. The molecule has 108 valence electrons. The number of hydrogen-bond donors (Lipinski definition) is 1. The van der Waals surface area contributed by atoms with Crippen molar-refractivity contribution in [2.75, 3.05) is 7.05 Å². The van der Waals surface area contributed by atoms with E-state index in [0.29, 0.717) is 16.6 Å². The molecule has 21 heavy (non-hydrogen) atoms. The molecular weight excluding hydrogens is 325 g/mol. The Balaban J connectivity index is 2.18. The van der Waals surface area contributed by atoms with Crippen LogP contribution in [0.25, 0.3) is 20.8 Å². The van der Waals surface area contributed by atoms with Crippen molar-refractivity contribution in [3.63, 3.8) is 0 Å². The molecule has 3 rings (SSSR count). The van der Waals surface area contributed by atoms with E-state index < -0.39 is 0 Å². The normalized spacial score (nSPS) is 11.5. The topological polar surface area (TPSA) is 42.1 Å². The minimum absolute atomic E-state index is 0.586. The first-order valence-electron chi connectivity index (χ1n) is 6.34. The van der Waals surface area contributed by atoms with Crippen LogP contribution in [0.2, 0.25) is 10.0 Å². The zero-order valence-electron chi connectivity index (χ0n) is 11.3. The lowest BCUT2D eigenvalue weighted by Gasteiger charge is -2.10. The molecule has 0 fully saturated rings. The minimum Gasteiger partial charge on any atom is -0.269 e. The van der Waals surface area contributed by atoms with Gasteiger partial charge in [-0.25, -0.2) is 9.99 Å². The summed E-state index contributed by atoms with van der Waals surface area (Å²) in [6.07, 6.45) is 0. The molecule has 0 spiro atoms. The molecular formula is C15H13Cl2N3S. The van der Waals surface area contributed by atoms with Crippen molar-refractivity contribution in [3.05, 3.63) is 52.0 Å². The highest BCUT2D eigenvalue weighted by molar-refractivity contribution is 7.21. The maximum atomic E-state index is 6.25. The lowest BCUT2D eigenvalue weighted by atomic mass is 10.2. The van der Waals surface area contributed by atoms with Gasteiger partial charge in [0.2, 0.25) is 0 Å². The average Bonchev–Trinajstić information content (AvgIpc) is 2.82. The highest BCUT2D eigenvalue weighted by Crippen LogP contribution is 2.36. The Hall–Kier alpha value is -1.17. The van der Waals surface area contributed by atoms with Gasteiger partial charge in [0.05, 0.1) is 15.2 Å². The van der Waals surface area contributed by atoms with Crippen LogP contribution in [-0.4, -0.2) is 17.0 Å². The summed E-state index contributed by atoms with van der Waals surface area (Å²) in [5, 5.41) is 3.88. The number of hydrogen-bond acceptors (Lipinski definition) is 4. The van der Waals surface area contributed by atoms with E-state index in [4.69, 9.17) is 34.0 Å². The van der Waals surface area contributed by atoms with Gasteiger partial charge in [-0.15, -0.1) is 11.3 Å². The number of nitrogens with two attached hydrogens (primary N) is 1. The molecule has 6 heteroatoms. The lowest BCUT2D eigenvalue weighted by Crippen LogP contribution is -2.25. The third-order valence-electron chi connectivity index (χ3n) is 3.06. The number of thiazole rings is 1. The van der Waals surface area contributed by atoms with Gasteiger partial charge in [-0.1, -0.05) is 41.4 Å². The van der Waals surface area contributed by atoms with Gasteiger partial charge in [-0.05, 0) is 23.8 Å². The summed E-state index contributed by atoms with van der Waals surface area (Å²) >= 11 is 14.0. The van der Waals surface area contributed by atoms with Crippen molar-refractivity contribution < 1.29 is 0 Å². The van der Waals surface area contributed by atoms with Crippen molar-refractivity contribution >= 4 is 44.8 Å². The van der Waals surface area contributed by atoms with Crippen LogP contribution in [0.15, 0.2) is 36.4 Å². The van der Waals surface area contributed by atoms with Gasteiger partial charge >= 0.3 is 0 Å². The largest absolute Gasteiger partial charge is 0.269 e. The van der Waals surface area contributed by atoms with Crippen LogP contribution in [-0.2, 0) is 6.54 Å². The van der Waals surface area contributed by atoms with E-state index in [9.17, 15) is 0 Å². The molecule has 3 aromatic rings. The molecule has 0 atom stereocenters. The molecule has 2 N–H and O–H groups in total. The first-order chi connectivity index (χ1) is 10.0. The smallest absolute Gasteiger partial charge is 0.126 e. The summed E-state index contributed by atoms with van der Waals surface area (Å²) in [4.78, 5) is 4.73. The molecule has 0 saturated carbocycles. The second-order valence-corrected chi connectivity index (χ2v) is 6.70. The Kier molecular flexibility index (Phi) is 4.15. The third-order valence-corrected chi connectivity index (χ3v) is 4.65. The van der Waals surface area contributed by atoms with E-state index in [1.54, 1.807) is 16.3 Å². The first kappa shape index (κ1) is 14.8. The van der Waals surface area contributed by atoms with E-state index in [1.165, 1.54) is 0 Å². The molecule has 0 aliphatic carbocycles. The summed E-state index contributed by atoms with van der Waals surface area (Å²) < 4.78 is 1.04. The van der Waals surface area contributed by atoms with Gasteiger partial charge in [0.1, 0.15) is 5.01 Å². The van der Waals surface area contributed by atoms with Crippen LogP contribution >= 0.6 is 34.5 Å². The van der Waals surface area contributed by atoms with Crippen LogP contribution < -0.4 is 5.84 Å². The summed E-state index contributed by atoms with van der Waals surface area (Å²) in [6.45, 7) is 0.586. The van der Waals surface area contributed by atoms with Crippen LogP contribution in [0.4, 0.5) is 0 Å². The second-order valence-electron chi connectivity index (χ2n) is 4.83. The number of halogens is 2. The number of aromatic nitrogens is 1. The number of hydrazine groups is 1. The van der Waals surface area contributed by atoms with Crippen molar-refractivity contribution in [1.29, 1.82) is 0 Å². The molecule has 1 aromatic heterocycles. The molecule has 3 nitrogen and oxygen atoms in total. The molecule has 2 aromatic carbocycles. The predicted octanol–water partition coefficient (Wildman–Crippen LogP) is 4.58. The molecule has 0 saturated heterocycles. The van der Waals surface area contributed by atoms with Gasteiger partial charge < -0.3 is 0 Å². The molecule has 1 heterocycles. The zero-order valence-corrected chi connectivity index (χ0v) is 13.6. The van der Waals surface area contributed by atoms with Crippen molar-refractivity contribution in [2.24, 2.45) is 5.84 Å². The van der Waals surface area contributed by atoms with Gasteiger partial charge in [0, 0.05) is 24.2 Å². The van der Waals surface area contributed by atoms with E-state index in [0.717, 1.165) is 26.4 Å². The highest BCUT2D eigenvalue weighted by atomic mass is 35.5. The van der Waals surface area contributed by atoms with Crippen molar-refractivity contribution in [1.82, 2.24) is 9.99 Å². The second kappa shape index (κ2) is 5.91. The fourth-order valence-electron chi connectivity index (χ4n) is 2.20. The van der Waals surface area contributed by atoms with Gasteiger partial charge in [-0.3, -0.25) is 5.84 Å². The Morgan fingerprint density at radius 2 is 2.00 bits per heavy atom. The number of rotatable bonds is 3. The predicted molar refractivity (Wildman–Crippen MR) is 90.7 cm³/mol. The summed E-state index contributed by atoms with van der Waals surface area (Å²) in [5.74, 6) is 5.75. The molecule has 0 aliphatic rings. The van der Waals surface area contributed by atoms with Gasteiger partial charge in [0.25, 0.3) is 0 Å². The van der Waals surface area contributed by atoms with Crippen LogP contribution in [0.3, 0.4) is 0 Å². The fourth-order valence-corrected chi connectivity index (χ4v) is 3.88. The average molecular weight is 338 g/mol. The van der Waals surface area contributed by atoms with Crippen molar-refractivity contribution in [2.45, 2.75) is 6.54 Å². The van der Waals surface area contributed by atoms with E-state index >= 15 is 0 Å². The number of benzene rings is 2. The van der Waals surface area contributed by atoms with Crippen LogP contribution in [0, 0.1) is 0 Å². The third kappa shape index (κ3) is 3.05. The summed E-state index contributed by atoms with van der Waals surface area (Å²) in [7, 11) is 1.81. The molecule has 0 bridgehead atoms. The maximum absolute atomic E-state index is 6.25. The van der Waals surface area contributed by atoms with Gasteiger partial charge in [-0.2, -0.15) is 0 Å². The minimum atomic E-state index is 0.586. The quantitative estimate of drug-likeness (QED) is 0.562. The van der Waals surface area contributed by atoms with Crippen molar-refractivity contribution in [3.8, 4) is 10.6 Å². The Bertz CT molecular complexity index is 799. The number of fused-ring (bicyclic) bond motifs is 1. The van der Waals surface area contributed by atoms with Gasteiger partial charge in [0.15, 0.2) is 0 Å². The van der Waals surface area contributed by atoms with Crippen LogP contribution in [0.1, 0.15) is 5.56 Å². The molecule has 0 amide bonds. The summed E-state index contributed by atoms with van der Waals surface area (Å²) in [6, 6.07) is 11.5. The van der Waals surface area contributed by atoms with Crippen LogP contribution in [0.5, 0.6) is 0 Å². The van der Waals surface area contributed by atoms with E-state index in [1.807, 2.05) is 43.4 Å². The Morgan fingerprint density at radius 1 is 1.24 bits per heavy atom. The fraction of sp³-hybridized carbons (Fsp3) is 0.133. The van der Waals surface area contributed by atoms with E-state index in [2.05, 4.69) is 0 Å². The number of nitrogens with zero attached hydrogens (tertiary/aromatic N) is 2. The maximum Gasteiger partial charge on any atom is 0.126 e. The highest BCUT2D eigenvalue weighted by Gasteiger charge is 2.13. The zero-order chi connectivity index (χ0) is 15.0. The Labute approximate surface area is 136 Å². The molecule has 0 aliphatic heterocycles.